The van der Waals surface area contributed by atoms with Crippen molar-refractivity contribution in [3.05, 3.63) is 19.3 Å². The zero-order valence-corrected chi connectivity index (χ0v) is 4.74. The van der Waals surface area contributed by atoms with Crippen LogP contribution in [0.1, 0.15) is 13.3 Å². The van der Waals surface area contributed by atoms with Crippen molar-refractivity contribution in [3.63, 3.8) is 0 Å². The Morgan fingerprint density at radius 1 is 1.71 bits per heavy atom. The molecule has 0 aliphatic carbocycles. The number of allylic oxidation sites excluding steroid dienone is 1. The van der Waals surface area contributed by atoms with Gasteiger partial charge in [0.1, 0.15) is 0 Å². The first-order valence-corrected chi connectivity index (χ1v) is 2.41. The summed E-state index contributed by atoms with van der Waals surface area (Å²) < 4.78 is 4.89. The van der Waals surface area contributed by atoms with Crippen molar-refractivity contribution < 1.29 is 4.74 Å². The third kappa shape index (κ3) is 5.54. The zero-order chi connectivity index (χ0) is 5.70. The van der Waals surface area contributed by atoms with E-state index >= 15 is 0 Å². The lowest BCUT2D eigenvalue weighted by Gasteiger charge is -1.98. The smallest absolute Gasteiger partial charge is 0.0892 e. The third-order valence-corrected chi connectivity index (χ3v) is 0.510. The van der Waals surface area contributed by atoms with Gasteiger partial charge in [0.25, 0.3) is 0 Å². The quantitative estimate of drug-likeness (QED) is 0.490. The number of hydrogen-bond acceptors (Lipinski definition) is 1. The van der Waals surface area contributed by atoms with Gasteiger partial charge in [-0.3, -0.25) is 0 Å². The highest BCUT2D eigenvalue weighted by atomic mass is 16.5. The van der Waals surface area contributed by atoms with Crippen molar-refractivity contribution in [1.82, 2.24) is 0 Å². The molecule has 0 N–H and O–H groups in total. The molecule has 1 radical (unpaired) electrons. The normalized spacial score (nSPS) is 8.29. The van der Waals surface area contributed by atoms with Crippen LogP contribution >= 0.6 is 0 Å². The second-order valence-corrected chi connectivity index (χ2v) is 1.39. The van der Waals surface area contributed by atoms with E-state index in [0.29, 0.717) is 5.76 Å². The Kier molecular flexibility index (Phi) is 3.48. The van der Waals surface area contributed by atoms with Gasteiger partial charge in [-0.2, -0.15) is 0 Å². The van der Waals surface area contributed by atoms with E-state index < -0.39 is 0 Å². The Morgan fingerprint density at radius 2 is 2.29 bits per heavy atom. The average Bonchev–Trinajstić information content (AvgIpc) is 1.61. The zero-order valence-electron chi connectivity index (χ0n) is 4.74. The van der Waals surface area contributed by atoms with Crippen molar-refractivity contribution in [2.45, 2.75) is 13.3 Å². The first-order chi connectivity index (χ1) is 3.27. The molecular weight excluding hydrogens is 88.1 g/mol. The summed E-state index contributed by atoms with van der Waals surface area (Å²) in [6.07, 6.45) is 1.02. The number of ether oxygens (including phenoxy) is 1. The van der Waals surface area contributed by atoms with Crippen LogP contribution in [0.5, 0.6) is 0 Å². The highest BCUT2D eigenvalue weighted by molar-refractivity contribution is 4.84. The van der Waals surface area contributed by atoms with Gasteiger partial charge in [-0.15, -0.1) is 0 Å². The molecule has 0 unspecified atom stereocenters. The van der Waals surface area contributed by atoms with E-state index in [4.69, 9.17) is 4.74 Å². The molecule has 0 bridgehead atoms. The van der Waals surface area contributed by atoms with E-state index in [1.54, 1.807) is 0 Å². The summed E-state index contributed by atoms with van der Waals surface area (Å²) in [6.45, 7) is 9.70. The molecule has 0 saturated carbocycles. The maximum atomic E-state index is 4.89. The molecule has 0 spiro atoms. The van der Waals surface area contributed by atoms with Gasteiger partial charge in [0.05, 0.1) is 12.4 Å². The minimum atomic E-state index is 0.557. The lowest BCUT2D eigenvalue weighted by molar-refractivity contribution is 0.225. The van der Waals surface area contributed by atoms with Crippen molar-refractivity contribution in [3.8, 4) is 0 Å². The van der Waals surface area contributed by atoms with Gasteiger partial charge in [-0.05, 0) is 6.42 Å². The number of hydrogen-bond donors (Lipinski definition) is 0. The van der Waals surface area contributed by atoms with E-state index in [1.807, 2.05) is 6.92 Å². The maximum absolute atomic E-state index is 4.89. The van der Waals surface area contributed by atoms with Gasteiger partial charge >= 0.3 is 0 Å². The summed E-state index contributed by atoms with van der Waals surface area (Å²) in [7, 11) is 0. The van der Waals surface area contributed by atoms with Gasteiger partial charge in [0.2, 0.25) is 0 Å². The van der Waals surface area contributed by atoms with Crippen molar-refractivity contribution in [1.29, 1.82) is 0 Å². The van der Waals surface area contributed by atoms with E-state index in [1.165, 1.54) is 0 Å². The molecule has 0 aliphatic rings. The Bertz CT molecular complexity index is 57.2. The summed E-state index contributed by atoms with van der Waals surface area (Å²) in [4.78, 5) is 0. The van der Waals surface area contributed by atoms with E-state index in [-0.39, 0.29) is 0 Å². The van der Waals surface area contributed by atoms with Crippen LogP contribution in [0.15, 0.2) is 12.3 Å². The lowest BCUT2D eigenvalue weighted by atomic mass is 10.5. The average molecular weight is 99.2 g/mol. The van der Waals surface area contributed by atoms with Gasteiger partial charge in [-0.25, -0.2) is 0 Å². The fraction of sp³-hybridized carbons (Fsp3) is 0.500. The van der Waals surface area contributed by atoms with Gasteiger partial charge in [0, 0.05) is 6.92 Å². The van der Waals surface area contributed by atoms with Crippen LogP contribution < -0.4 is 0 Å². The van der Waals surface area contributed by atoms with E-state index in [0.717, 1.165) is 13.0 Å². The molecule has 0 fully saturated rings. The molecule has 1 heteroatoms. The molecule has 41 valence electrons. The molecule has 0 aliphatic heterocycles. The van der Waals surface area contributed by atoms with Crippen LogP contribution in [0.4, 0.5) is 0 Å². The molecule has 1 nitrogen and oxygen atoms in total. The Morgan fingerprint density at radius 3 is 2.43 bits per heavy atom. The van der Waals surface area contributed by atoms with Gasteiger partial charge < -0.3 is 4.74 Å². The SMILES string of the molecule is [CH2]C(=C)OCCC. The molecule has 0 heterocycles. The van der Waals surface area contributed by atoms with Crippen molar-refractivity contribution in [2.24, 2.45) is 0 Å². The summed E-state index contributed by atoms with van der Waals surface area (Å²) in [5, 5.41) is 0. The fourth-order valence-electron chi connectivity index (χ4n) is 0.246. The maximum Gasteiger partial charge on any atom is 0.0892 e. The van der Waals surface area contributed by atoms with Crippen molar-refractivity contribution >= 4 is 0 Å². The first-order valence-electron chi connectivity index (χ1n) is 2.41. The van der Waals surface area contributed by atoms with Crippen LogP contribution in [0.25, 0.3) is 0 Å². The van der Waals surface area contributed by atoms with Crippen LogP contribution in [0.3, 0.4) is 0 Å². The van der Waals surface area contributed by atoms with Crippen LogP contribution in [-0.2, 0) is 4.74 Å². The largest absolute Gasteiger partial charge is 0.499 e. The molecule has 0 saturated heterocycles. The Hall–Kier alpha value is -0.460. The molecule has 0 aromatic carbocycles. The lowest BCUT2D eigenvalue weighted by Crippen LogP contribution is -1.86. The summed E-state index contributed by atoms with van der Waals surface area (Å²) >= 11 is 0. The predicted octanol–water partition coefficient (Wildman–Crippen LogP) is 1.76. The van der Waals surface area contributed by atoms with E-state index in [9.17, 15) is 0 Å². The fourth-order valence-corrected chi connectivity index (χ4v) is 0.246. The summed E-state index contributed by atoms with van der Waals surface area (Å²) in [5.41, 5.74) is 0. The molecule has 0 aromatic rings. The minimum Gasteiger partial charge on any atom is -0.499 e. The van der Waals surface area contributed by atoms with Crippen LogP contribution in [-0.4, -0.2) is 6.61 Å². The standard InChI is InChI=1S/C6H11O/c1-4-5-7-6(2)3/h2-5H2,1H3. The topological polar surface area (TPSA) is 9.23 Å². The predicted molar refractivity (Wildman–Crippen MR) is 30.7 cm³/mol. The Labute approximate surface area is 45.0 Å². The van der Waals surface area contributed by atoms with Crippen LogP contribution in [0.2, 0.25) is 0 Å². The summed E-state index contributed by atoms with van der Waals surface area (Å²) in [5.74, 6) is 0.557. The highest BCUT2D eigenvalue weighted by Crippen LogP contribution is 1.89. The van der Waals surface area contributed by atoms with Gasteiger partial charge in [-0.1, -0.05) is 13.5 Å². The second-order valence-electron chi connectivity index (χ2n) is 1.39. The Balaban J connectivity index is 2.82. The molecule has 0 atom stereocenters. The monoisotopic (exact) mass is 99.1 g/mol. The first kappa shape index (κ1) is 6.54. The minimum absolute atomic E-state index is 0.557. The molecule has 7 heavy (non-hydrogen) atoms. The molecular formula is C6H11O. The molecule has 0 aromatic heterocycles. The second kappa shape index (κ2) is 3.72. The summed E-state index contributed by atoms with van der Waals surface area (Å²) in [6, 6.07) is 0. The van der Waals surface area contributed by atoms with Crippen molar-refractivity contribution in [2.75, 3.05) is 6.61 Å². The highest BCUT2D eigenvalue weighted by Gasteiger charge is 1.78. The van der Waals surface area contributed by atoms with Gasteiger partial charge in [0.15, 0.2) is 0 Å². The molecule has 0 rings (SSSR count). The molecule has 0 amide bonds. The number of rotatable bonds is 3. The third-order valence-electron chi connectivity index (χ3n) is 0.510. The van der Waals surface area contributed by atoms with Crippen LogP contribution in [0, 0.1) is 6.92 Å². The van der Waals surface area contributed by atoms with E-state index in [2.05, 4.69) is 13.5 Å².